The van der Waals surface area contributed by atoms with Gasteiger partial charge in [-0.3, -0.25) is 0 Å². The van der Waals surface area contributed by atoms with Gasteiger partial charge in [0.15, 0.2) is 0 Å². The number of halogens is 1. The lowest BCUT2D eigenvalue weighted by atomic mass is 10.2. The first-order valence-electron chi connectivity index (χ1n) is 4.76. The molecule has 76 valence electrons. The average Bonchev–Trinajstić information content (AvgIpc) is 2.31. The molecule has 0 bridgehead atoms. The summed E-state index contributed by atoms with van der Waals surface area (Å²) in [5.41, 5.74) is 1.32. The van der Waals surface area contributed by atoms with Crippen molar-refractivity contribution in [3.63, 3.8) is 0 Å². The van der Waals surface area contributed by atoms with Crippen molar-refractivity contribution in [2.24, 2.45) is 0 Å². The summed E-state index contributed by atoms with van der Waals surface area (Å²) in [6.07, 6.45) is 0. The molecule has 0 heterocycles. The van der Waals surface area contributed by atoms with E-state index in [-0.39, 0.29) is 0 Å². The van der Waals surface area contributed by atoms with Gasteiger partial charge in [0.1, 0.15) is 11.5 Å². The van der Waals surface area contributed by atoms with Gasteiger partial charge in [-0.05, 0) is 29.8 Å². The number of rotatable bonds is 3. The van der Waals surface area contributed by atoms with Crippen LogP contribution in [-0.4, -0.2) is 0 Å². The first-order valence-corrected chi connectivity index (χ1v) is 6.29. The molecule has 0 aromatic heterocycles. The molecule has 2 aromatic rings. The summed E-state index contributed by atoms with van der Waals surface area (Å²) in [5.74, 6) is 1.76. The second-order valence-electron chi connectivity index (χ2n) is 3.19. The van der Waals surface area contributed by atoms with Gasteiger partial charge in [0.2, 0.25) is 0 Å². The Morgan fingerprint density at radius 2 is 1.40 bits per heavy atom. The largest absolute Gasteiger partial charge is 0.457 e. The van der Waals surface area contributed by atoms with E-state index in [9.17, 15) is 0 Å². The van der Waals surface area contributed by atoms with E-state index in [0.29, 0.717) is 0 Å². The molecule has 0 radical (unpaired) electrons. The maximum atomic E-state index is 5.68. The molecule has 2 rings (SSSR count). The predicted octanol–water partition coefficient (Wildman–Crippen LogP) is 4.41. The molecule has 0 fully saturated rings. The lowest BCUT2D eigenvalue weighted by molar-refractivity contribution is 0.482. The van der Waals surface area contributed by atoms with Crippen LogP contribution >= 0.6 is 22.6 Å². The van der Waals surface area contributed by atoms with Gasteiger partial charge in [0.05, 0.1) is 0 Å². The summed E-state index contributed by atoms with van der Waals surface area (Å²) in [5, 5.41) is 0. The molecular formula is C13H11IO. The Kier molecular flexibility index (Phi) is 3.61. The van der Waals surface area contributed by atoms with Crippen LogP contribution in [0, 0.1) is 0 Å². The van der Waals surface area contributed by atoms with Crippen LogP contribution < -0.4 is 4.74 Å². The molecule has 0 saturated carbocycles. The number of benzene rings is 2. The third-order valence-electron chi connectivity index (χ3n) is 2.06. The van der Waals surface area contributed by atoms with Crippen molar-refractivity contribution in [3.05, 3.63) is 60.2 Å². The molecule has 0 atom stereocenters. The summed E-state index contributed by atoms with van der Waals surface area (Å²) >= 11 is 2.35. The van der Waals surface area contributed by atoms with E-state index in [1.54, 1.807) is 0 Å². The van der Waals surface area contributed by atoms with E-state index in [2.05, 4.69) is 34.7 Å². The van der Waals surface area contributed by atoms with E-state index >= 15 is 0 Å². The molecular weight excluding hydrogens is 299 g/mol. The topological polar surface area (TPSA) is 9.23 Å². The predicted molar refractivity (Wildman–Crippen MR) is 70.7 cm³/mol. The quantitative estimate of drug-likeness (QED) is 0.602. The molecule has 2 aromatic carbocycles. The Morgan fingerprint density at radius 1 is 0.800 bits per heavy atom. The first-order chi connectivity index (χ1) is 7.38. The van der Waals surface area contributed by atoms with Crippen LogP contribution in [0.25, 0.3) is 0 Å². The highest BCUT2D eigenvalue weighted by atomic mass is 127. The van der Waals surface area contributed by atoms with Crippen LogP contribution in [0.15, 0.2) is 54.6 Å². The fourth-order valence-electron chi connectivity index (χ4n) is 1.27. The van der Waals surface area contributed by atoms with Crippen LogP contribution in [0.2, 0.25) is 0 Å². The van der Waals surface area contributed by atoms with Crippen LogP contribution in [0.1, 0.15) is 5.56 Å². The van der Waals surface area contributed by atoms with E-state index in [1.165, 1.54) is 5.56 Å². The maximum absolute atomic E-state index is 5.68. The zero-order valence-corrected chi connectivity index (χ0v) is 10.3. The van der Waals surface area contributed by atoms with Gasteiger partial charge in [-0.15, -0.1) is 0 Å². The third kappa shape index (κ3) is 2.96. The van der Waals surface area contributed by atoms with Crippen LogP contribution in [0.5, 0.6) is 11.5 Å². The van der Waals surface area contributed by atoms with Crippen molar-refractivity contribution in [1.29, 1.82) is 0 Å². The highest BCUT2D eigenvalue weighted by molar-refractivity contribution is 14.1. The minimum Gasteiger partial charge on any atom is -0.457 e. The lowest BCUT2D eigenvalue weighted by Gasteiger charge is -2.05. The normalized spacial score (nSPS) is 9.93. The molecule has 2 heteroatoms. The Balaban J connectivity index is 2.11. The van der Waals surface area contributed by atoms with E-state index < -0.39 is 0 Å². The molecule has 0 saturated heterocycles. The van der Waals surface area contributed by atoms with Crippen molar-refractivity contribution < 1.29 is 4.74 Å². The lowest BCUT2D eigenvalue weighted by Crippen LogP contribution is -1.84. The van der Waals surface area contributed by atoms with Crippen molar-refractivity contribution in [1.82, 2.24) is 0 Å². The zero-order valence-electron chi connectivity index (χ0n) is 8.19. The van der Waals surface area contributed by atoms with Crippen molar-refractivity contribution >= 4 is 22.6 Å². The molecule has 0 N–H and O–H groups in total. The zero-order chi connectivity index (χ0) is 10.5. The number of hydrogen-bond acceptors (Lipinski definition) is 1. The Bertz CT molecular complexity index is 408. The third-order valence-corrected chi connectivity index (χ3v) is 2.94. The summed E-state index contributed by atoms with van der Waals surface area (Å²) < 4.78 is 6.71. The van der Waals surface area contributed by atoms with Gasteiger partial charge < -0.3 is 4.74 Å². The Labute approximate surface area is 103 Å². The number of hydrogen-bond donors (Lipinski definition) is 0. The van der Waals surface area contributed by atoms with E-state index in [0.717, 1.165) is 15.9 Å². The van der Waals surface area contributed by atoms with Gasteiger partial charge in [-0.2, -0.15) is 0 Å². The highest BCUT2D eigenvalue weighted by Gasteiger charge is 1.95. The summed E-state index contributed by atoms with van der Waals surface area (Å²) in [6.45, 7) is 0. The van der Waals surface area contributed by atoms with Crippen LogP contribution in [-0.2, 0) is 4.43 Å². The fourth-order valence-corrected chi connectivity index (χ4v) is 1.78. The van der Waals surface area contributed by atoms with Crippen molar-refractivity contribution in [2.75, 3.05) is 0 Å². The molecule has 0 aliphatic carbocycles. The number of alkyl halides is 1. The number of ether oxygens (including phenoxy) is 1. The molecule has 15 heavy (non-hydrogen) atoms. The Morgan fingerprint density at radius 3 is 2.00 bits per heavy atom. The average molecular weight is 310 g/mol. The van der Waals surface area contributed by atoms with Crippen LogP contribution in [0.4, 0.5) is 0 Å². The minimum absolute atomic E-state index is 0.875. The van der Waals surface area contributed by atoms with Gasteiger partial charge in [-0.1, -0.05) is 52.9 Å². The standard InChI is InChI=1S/C13H11IO/c14-10-11-6-8-13(9-7-11)15-12-4-2-1-3-5-12/h1-9H,10H2. The monoisotopic (exact) mass is 310 g/mol. The fraction of sp³-hybridized carbons (Fsp3) is 0.0769. The molecule has 0 unspecified atom stereocenters. The van der Waals surface area contributed by atoms with Crippen molar-refractivity contribution in [2.45, 2.75) is 4.43 Å². The number of para-hydroxylation sites is 1. The summed E-state index contributed by atoms with van der Waals surface area (Å²) in [7, 11) is 0. The Hall–Kier alpha value is -1.03. The van der Waals surface area contributed by atoms with E-state index in [4.69, 9.17) is 4.74 Å². The van der Waals surface area contributed by atoms with Gasteiger partial charge in [-0.25, -0.2) is 0 Å². The second kappa shape index (κ2) is 5.16. The highest BCUT2D eigenvalue weighted by Crippen LogP contribution is 2.21. The summed E-state index contributed by atoms with van der Waals surface area (Å²) in [6, 6.07) is 18.0. The van der Waals surface area contributed by atoms with E-state index in [1.807, 2.05) is 42.5 Å². The van der Waals surface area contributed by atoms with Crippen molar-refractivity contribution in [3.8, 4) is 11.5 Å². The molecule has 0 spiro atoms. The van der Waals surface area contributed by atoms with Gasteiger partial charge >= 0.3 is 0 Å². The van der Waals surface area contributed by atoms with Crippen LogP contribution in [0.3, 0.4) is 0 Å². The smallest absolute Gasteiger partial charge is 0.127 e. The van der Waals surface area contributed by atoms with Gasteiger partial charge in [0, 0.05) is 4.43 Å². The molecule has 0 aliphatic heterocycles. The second-order valence-corrected chi connectivity index (χ2v) is 3.96. The SMILES string of the molecule is ICc1ccc(Oc2ccccc2)cc1. The summed E-state index contributed by atoms with van der Waals surface area (Å²) in [4.78, 5) is 0. The van der Waals surface area contributed by atoms with Gasteiger partial charge in [0.25, 0.3) is 0 Å². The molecule has 0 amide bonds. The molecule has 0 aliphatic rings. The first kappa shape index (κ1) is 10.5. The maximum Gasteiger partial charge on any atom is 0.127 e. The minimum atomic E-state index is 0.875. The molecule has 1 nitrogen and oxygen atoms in total.